The van der Waals surface area contributed by atoms with E-state index in [9.17, 15) is 4.39 Å². The maximum atomic E-state index is 13.1. The molecule has 0 saturated heterocycles. The molecule has 0 bridgehead atoms. The lowest BCUT2D eigenvalue weighted by Gasteiger charge is -2.27. The van der Waals surface area contributed by atoms with Gasteiger partial charge in [0.2, 0.25) is 0 Å². The number of ether oxygens (including phenoxy) is 2. The Morgan fingerprint density at radius 1 is 1.09 bits per heavy atom. The molecule has 23 heavy (non-hydrogen) atoms. The molecule has 1 aliphatic heterocycles. The highest BCUT2D eigenvalue weighted by molar-refractivity contribution is 7.98. The number of hydrogen-bond acceptors (Lipinski definition) is 3. The predicted molar refractivity (Wildman–Crippen MR) is 91.6 cm³/mol. The monoisotopic (exact) mass is 326 g/mol. The SMILES string of the molecule is COc1ccc2ccc3c(c2c1)CSC(c1ccc(F)cc1)O3. The molecule has 4 rings (SSSR count). The van der Waals surface area contributed by atoms with Crippen molar-refractivity contribution in [3.63, 3.8) is 0 Å². The second-order valence-electron chi connectivity index (χ2n) is 5.44. The molecule has 3 aromatic rings. The first-order valence-electron chi connectivity index (χ1n) is 7.38. The van der Waals surface area contributed by atoms with E-state index in [0.717, 1.165) is 28.2 Å². The van der Waals surface area contributed by atoms with Crippen LogP contribution in [-0.4, -0.2) is 7.11 Å². The lowest BCUT2D eigenvalue weighted by molar-refractivity contribution is 0.288. The standard InChI is InChI=1S/C19H15FO2S/c1-21-15-8-4-12-5-9-18-17(16(12)10-15)11-23-19(22-18)13-2-6-14(20)7-3-13/h2-10,19H,11H2,1H3. The molecule has 0 N–H and O–H groups in total. The Morgan fingerprint density at radius 3 is 2.65 bits per heavy atom. The molecule has 4 heteroatoms. The zero-order chi connectivity index (χ0) is 15.8. The summed E-state index contributed by atoms with van der Waals surface area (Å²) in [5.41, 5.74) is 2.06. The third-order valence-corrected chi connectivity index (χ3v) is 5.18. The van der Waals surface area contributed by atoms with Crippen LogP contribution in [0.5, 0.6) is 11.5 Å². The normalized spacial score (nSPS) is 16.7. The van der Waals surface area contributed by atoms with E-state index < -0.39 is 0 Å². The molecular formula is C19H15FO2S. The summed E-state index contributed by atoms with van der Waals surface area (Å²) in [4.78, 5) is 0. The highest BCUT2D eigenvalue weighted by Gasteiger charge is 2.23. The first kappa shape index (κ1) is 14.4. The van der Waals surface area contributed by atoms with Crippen molar-refractivity contribution in [3.8, 4) is 11.5 Å². The highest BCUT2D eigenvalue weighted by Crippen LogP contribution is 2.44. The van der Waals surface area contributed by atoms with Gasteiger partial charge < -0.3 is 9.47 Å². The Kier molecular flexibility index (Phi) is 3.62. The van der Waals surface area contributed by atoms with Crippen LogP contribution in [0, 0.1) is 5.82 Å². The van der Waals surface area contributed by atoms with Crippen molar-refractivity contribution >= 4 is 22.5 Å². The molecule has 0 aromatic heterocycles. The Morgan fingerprint density at radius 2 is 1.87 bits per heavy atom. The van der Waals surface area contributed by atoms with E-state index in [0.29, 0.717) is 0 Å². The molecule has 0 fully saturated rings. The van der Waals surface area contributed by atoms with Gasteiger partial charge in [0.15, 0.2) is 5.44 Å². The molecule has 1 unspecified atom stereocenters. The number of hydrogen-bond donors (Lipinski definition) is 0. The van der Waals surface area contributed by atoms with Gasteiger partial charge in [-0.25, -0.2) is 4.39 Å². The summed E-state index contributed by atoms with van der Waals surface area (Å²) in [6, 6.07) is 16.7. The molecule has 1 heterocycles. The fourth-order valence-corrected chi connectivity index (χ4v) is 3.96. The van der Waals surface area contributed by atoms with Crippen molar-refractivity contribution in [1.82, 2.24) is 0 Å². The largest absolute Gasteiger partial charge is 0.497 e. The van der Waals surface area contributed by atoms with Crippen molar-refractivity contribution < 1.29 is 13.9 Å². The van der Waals surface area contributed by atoms with Crippen LogP contribution in [0.15, 0.2) is 54.6 Å². The minimum absolute atomic E-state index is 0.105. The van der Waals surface area contributed by atoms with E-state index in [1.807, 2.05) is 12.1 Å². The summed E-state index contributed by atoms with van der Waals surface area (Å²) in [6.45, 7) is 0. The van der Waals surface area contributed by atoms with Crippen LogP contribution in [0.4, 0.5) is 4.39 Å². The number of rotatable bonds is 2. The molecule has 0 amide bonds. The van der Waals surface area contributed by atoms with Gasteiger partial charge in [-0.05, 0) is 41.1 Å². The third kappa shape index (κ3) is 2.63. The lowest BCUT2D eigenvalue weighted by atomic mass is 10.0. The van der Waals surface area contributed by atoms with Crippen molar-refractivity contribution in [2.24, 2.45) is 0 Å². The molecule has 3 aromatic carbocycles. The van der Waals surface area contributed by atoms with Gasteiger partial charge in [0, 0.05) is 16.9 Å². The Balaban J connectivity index is 1.72. The summed E-state index contributed by atoms with van der Waals surface area (Å²) in [5, 5.41) is 2.33. The molecule has 1 atom stereocenters. The summed E-state index contributed by atoms with van der Waals surface area (Å²) in [6.07, 6.45) is 0. The summed E-state index contributed by atoms with van der Waals surface area (Å²) < 4.78 is 24.6. The summed E-state index contributed by atoms with van der Waals surface area (Å²) in [5.74, 6) is 2.35. The highest BCUT2D eigenvalue weighted by atomic mass is 32.2. The van der Waals surface area contributed by atoms with Crippen LogP contribution < -0.4 is 9.47 Å². The van der Waals surface area contributed by atoms with Gasteiger partial charge in [0.1, 0.15) is 17.3 Å². The number of thioether (sulfide) groups is 1. The number of halogens is 1. The second-order valence-corrected chi connectivity index (χ2v) is 6.49. The molecule has 0 spiro atoms. The Bertz CT molecular complexity index is 861. The zero-order valence-electron chi connectivity index (χ0n) is 12.6. The van der Waals surface area contributed by atoms with Crippen LogP contribution in [-0.2, 0) is 5.75 Å². The number of benzene rings is 3. The Hall–Kier alpha value is -2.20. The van der Waals surface area contributed by atoms with Gasteiger partial charge in [-0.15, -0.1) is 11.8 Å². The van der Waals surface area contributed by atoms with Crippen LogP contribution >= 0.6 is 11.8 Å². The molecule has 2 nitrogen and oxygen atoms in total. The average Bonchev–Trinajstić information content (AvgIpc) is 2.61. The van der Waals surface area contributed by atoms with Crippen molar-refractivity contribution in [3.05, 3.63) is 71.5 Å². The molecule has 0 radical (unpaired) electrons. The van der Waals surface area contributed by atoms with E-state index in [4.69, 9.17) is 9.47 Å². The van der Waals surface area contributed by atoms with E-state index in [1.54, 1.807) is 31.0 Å². The van der Waals surface area contributed by atoms with Crippen LogP contribution in [0.25, 0.3) is 10.8 Å². The average molecular weight is 326 g/mol. The van der Waals surface area contributed by atoms with Crippen molar-refractivity contribution in [2.45, 2.75) is 11.2 Å². The molecular weight excluding hydrogens is 311 g/mol. The van der Waals surface area contributed by atoms with Gasteiger partial charge in [0.05, 0.1) is 7.11 Å². The maximum absolute atomic E-state index is 13.1. The minimum Gasteiger partial charge on any atom is -0.497 e. The van der Waals surface area contributed by atoms with Gasteiger partial charge in [-0.2, -0.15) is 0 Å². The second kappa shape index (κ2) is 5.78. The predicted octanol–water partition coefficient (Wildman–Crippen LogP) is 5.31. The zero-order valence-corrected chi connectivity index (χ0v) is 13.4. The van der Waals surface area contributed by atoms with Crippen LogP contribution in [0.2, 0.25) is 0 Å². The van der Waals surface area contributed by atoms with E-state index >= 15 is 0 Å². The summed E-state index contributed by atoms with van der Waals surface area (Å²) >= 11 is 1.71. The molecule has 0 aliphatic carbocycles. The minimum atomic E-state index is -0.229. The van der Waals surface area contributed by atoms with Gasteiger partial charge in [-0.3, -0.25) is 0 Å². The van der Waals surface area contributed by atoms with Crippen LogP contribution in [0.1, 0.15) is 16.6 Å². The molecule has 0 saturated carbocycles. The topological polar surface area (TPSA) is 18.5 Å². The molecule has 116 valence electrons. The van der Waals surface area contributed by atoms with Crippen molar-refractivity contribution in [1.29, 1.82) is 0 Å². The van der Waals surface area contributed by atoms with E-state index in [-0.39, 0.29) is 11.3 Å². The maximum Gasteiger partial charge on any atom is 0.170 e. The fraction of sp³-hybridized carbons (Fsp3) is 0.158. The molecule has 1 aliphatic rings. The van der Waals surface area contributed by atoms with Crippen LogP contribution in [0.3, 0.4) is 0 Å². The van der Waals surface area contributed by atoms with Gasteiger partial charge in [-0.1, -0.05) is 24.3 Å². The third-order valence-electron chi connectivity index (χ3n) is 4.05. The summed E-state index contributed by atoms with van der Waals surface area (Å²) in [7, 11) is 1.67. The lowest BCUT2D eigenvalue weighted by Crippen LogP contribution is -2.10. The number of methoxy groups -OCH3 is 1. The Labute approximate surface area is 138 Å². The smallest absolute Gasteiger partial charge is 0.170 e. The number of fused-ring (bicyclic) bond motifs is 3. The fourth-order valence-electron chi connectivity index (χ4n) is 2.82. The van der Waals surface area contributed by atoms with Gasteiger partial charge >= 0.3 is 0 Å². The first-order valence-corrected chi connectivity index (χ1v) is 8.43. The van der Waals surface area contributed by atoms with E-state index in [1.165, 1.54) is 23.1 Å². The first-order chi connectivity index (χ1) is 11.2. The van der Waals surface area contributed by atoms with E-state index in [2.05, 4.69) is 18.2 Å². The van der Waals surface area contributed by atoms with Crippen molar-refractivity contribution in [2.75, 3.05) is 7.11 Å². The quantitative estimate of drug-likeness (QED) is 0.635. The van der Waals surface area contributed by atoms with Gasteiger partial charge in [0.25, 0.3) is 0 Å².